The van der Waals surface area contributed by atoms with Crippen LogP contribution in [-0.2, 0) is 24.5 Å². The normalized spacial score (nSPS) is 10.4. The van der Waals surface area contributed by atoms with Crippen molar-refractivity contribution in [2.75, 3.05) is 0 Å². The van der Waals surface area contributed by atoms with Gasteiger partial charge in [0.05, 0.1) is 18.4 Å². The number of ether oxygens (including phenoxy) is 1. The molecule has 0 fully saturated rings. The first-order valence-electron chi connectivity index (χ1n) is 7.94. The summed E-state index contributed by atoms with van der Waals surface area (Å²) in [6.07, 6.45) is 3.40. The van der Waals surface area contributed by atoms with Gasteiger partial charge in [-0.15, -0.1) is 5.10 Å². The molecule has 0 radical (unpaired) electrons. The predicted octanol–water partition coefficient (Wildman–Crippen LogP) is 1.88. The molecule has 1 aromatic carbocycles. The van der Waals surface area contributed by atoms with E-state index in [-0.39, 0.29) is 12.5 Å². The maximum atomic E-state index is 12.0. The molecule has 7 nitrogen and oxygen atoms in total. The SMILES string of the molecule is Cc1cccc(OCc2cn(CC(=O)NCc3ccccn3)nn2)c1. The smallest absolute Gasteiger partial charge is 0.242 e. The Morgan fingerprint density at radius 3 is 2.92 bits per heavy atom. The molecule has 128 valence electrons. The van der Waals surface area contributed by atoms with Crippen LogP contribution in [0.5, 0.6) is 5.75 Å². The highest BCUT2D eigenvalue weighted by Crippen LogP contribution is 2.13. The number of rotatable bonds is 7. The van der Waals surface area contributed by atoms with Gasteiger partial charge in [-0.1, -0.05) is 23.4 Å². The number of nitrogens with zero attached hydrogens (tertiary/aromatic N) is 4. The molecule has 25 heavy (non-hydrogen) atoms. The molecule has 0 atom stereocenters. The third kappa shape index (κ3) is 5.13. The average molecular weight is 337 g/mol. The van der Waals surface area contributed by atoms with E-state index in [1.165, 1.54) is 4.68 Å². The molecule has 1 N–H and O–H groups in total. The Morgan fingerprint density at radius 2 is 2.12 bits per heavy atom. The van der Waals surface area contributed by atoms with Crippen LogP contribution in [0.2, 0.25) is 0 Å². The monoisotopic (exact) mass is 337 g/mol. The van der Waals surface area contributed by atoms with E-state index in [9.17, 15) is 4.79 Å². The summed E-state index contributed by atoms with van der Waals surface area (Å²) in [6.45, 7) is 2.80. The molecule has 0 aliphatic heterocycles. The van der Waals surface area contributed by atoms with E-state index in [0.717, 1.165) is 17.0 Å². The fourth-order valence-corrected chi connectivity index (χ4v) is 2.24. The maximum absolute atomic E-state index is 12.0. The highest BCUT2D eigenvalue weighted by molar-refractivity contribution is 5.75. The van der Waals surface area contributed by atoms with Crippen molar-refractivity contribution in [2.24, 2.45) is 0 Å². The Kier molecular flexibility index (Phi) is 5.36. The average Bonchev–Trinajstić information content (AvgIpc) is 3.06. The standard InChI is InChI=1S/C18H19N5O2/c1-14-5-4-7-17(9-14)25-13-16-11-23(22-21-16)12-18(24)20-10-15-6-2-3-8-19-15/h2-9,11H,10,12-13H2,1H3,(H,20,24). The molecule has 0 aliphatic rings. The van der Waals surface area contributed by atoms with E-state index in [2.05, 4.69) is 20.6 Å². The van der Waals surface area contributed by atoms with Gasteiger partial charge >= 0.3 is 0 Å². The van der Waals surface area contributed by atoms with Gasteiger partial charge < -0.3 is 10.1 Å². The largest absolute Gasteiger partial charge is 0.487 e. The van der Waals surface area contributed by atoms with Gasteiger partial charge in [0.1, 0.15) is 24.6 Å². The van der Waals surface area contributed by atoms with E-state index in [0.29, 0.717) is 18.8 Å². The van der Waals surface area contributed by atoms with Gasteiger partial charge in [-0.25, -0.2) is 4.68 Å². The molecule has 3 rings (SSSR count). The molecule has 0 saturated heterocycles. The Labute approximate surface area is 145 Å². The summed E-state index contributed by atoms with van der Waals surface area (Å²) < 4.78 is 7.16. The van der Waals surface area contributed by atoms with Crippen LogP contribution < -0.4 is 10.1 Å². The topological polar surface area (TPSA) is 81.9 Å². The Morgan fingerprint density at radius 1 is 1.20 bits per heavy atom. The van der Waals surface area contributed by atoms with Gasteiger partial charge in [0.25, 0.3) is 0 Å². The summed E-state index contributed by atoms with van der Waals surface area (Å²) in [7, 11) is 0. The van der Waals surface area contributed by atoms with E-state index in [1.54, 1.807) is 12.4 Å². The van der Waals surface area contributed by atoms with Gasteiger partial charge in [-0.2, -0.15) is 0 Å². The third-order valence-corrected chi connectivity index (χ3v) is 3.46. The summed E-state index contributed by atoms with van der Waals surface area (Å²) in [6, 6.07) is 13.4. The highest BCUT2D eigenvalue weighted by Gasteiger charge is 2.07. The lowest BCUT2D eigenvalue weighted by atomic mass is 10.2. The summed E-state index contributed by atoms with van der Waals surface area (Å²) in [5.74, 6) is 0.629. The quantitative estimate of drug-likeness (QED) is 0.712. The summed E-state index contributed by atoms with van der Waals surface area (Å²) >= 11 is 0. The molecular formula is C18H19N5O2. The molecule has 0 spiro atoms. The van der Waals surface area contributed by atoms with E-state index in [4.69, 9.17) is 4.74 Å². The van der Waals surface area contributed by atoms with Gasteiger partial charge in [0.15, 0.2) is 0 Å². The lowest BCUT2D eigenvalue weighted by molar-refractivity contribution is -0.122. The third-order valence-electron chi connectivity index (χ3n) is 3.46. The Balaban J connectivity index is 1.47. The van der Waals surface area contributed by atoms with Crippen molar-refractivity contribution < 1.29 is 9.53 Å². The molecule has 2 heterocycles. The second kappa shape index (κ2) is 8.05. The minimum atomic E-state index is -0.151. The van der Waals surface area contributed by atoms with Crippen molar-refractivity contribution in [3.05, 3.63) is 71.8 Å². The van der Waals surface area contributed by atoms with Gasteiger partial charge in [-0.05, 0) is 36.8 Å². The Bertz CT molecular complexity index is 832. The summed E-state index contributed by atoms with van der Waals surface area (Å²) in [5.41, 5.74) is 2.60. The lowest BCUT2D eigenvalue weighted by Gasteiger charge is -2.05. The zero-order valence-corrected chi connectivity index (χ0v) is 13.9. The molecular weight excluding hydrogens is 318 g/mol. The van der Waals surface area contributed by atoms with Crippen LogP contribution in [0, 0.1) is 6.92 Å². The number of hydrogen-bond acceptors (Lipinski definition) is 5. The molecule has 2 aromatic heterocycles. The molecule has 7 heteroatoms. The first kappa shape index (κ1) is 16.6. The first-order chi connectivity index (χ1) is 12.2. The zero-order valence-electron chi connectivity index (χ0n) is 13.9. The number of pyridine rings is 1. The van der Waals surface area contributed by atoms with Gasteiger partial charge in [-0.3, -0.25) is 9.78 Å². The number of carbonyl (C=O) groups excluding carboxylic acids is 1. The van der Waals surface area contributed by atoms with E-state index >= 15 is 0 Å². The molecule has 3 aromatic rings. The molecule has 0 aliphatic carbocycles. The maximum Gasteiger partial charge on any atom is 0.242 e. The number of hydrogen-bond donors (Lipinski definition) is 1. The summed E-state index contributed by atoms with van der Waals surface area (Å²) in [5, 5.41) is 10.8. The fraction of sp³-hybridized carbons (Fsp3) is 0.222. The highest BCUT2D eigenvalue weighted by atomic mass is 16.5. The number of aromatic nitrogens is 4. The second-order valence-corrected chi connectivity index (χ2v) is 5.61. The van der Waals surface area contributed by atoms with Crippen LogP contribution >= 0.6 is 0 Å². The lowest BCUT2D eigenvalue weighted by Crippen LogP contribution is -2.27. The van der Waals surface area contributed by atoms with Crippen LogP contribution in [0.15, 0.2) is 54.9 Å². The van der Waals surface area contributed by atoms with Crippen molar-refractivity contribution in [1.82, 2.24) is 25.3 Å². The number of amides is 1. The fourth-order valence-electron chi connectivity index (χ4n) is 2.24. The van der Waals surface area contributed by atoms with Gasteiger partial charge in [0, 0.05) is 6.20 Å². The Hall–Kier alpha value is -3.22. The van der Waals surface area contributed by atoms with Crippen molar-refractivity contribution in [1.29, 1.82) is 0 Å². The van der Waals surface area contributed by atoms with Crippen molar-refractivity contribution in [2.45, 2.75) is 26.6 Å². The molecule has 0 bridgehead atoms. The first-order valence-corrected chi connectivity index (χ1v) is 7.94. The van der Waals surface area contributed by atoms with E-state index in [1.807, 2.05) is 49.4 Å². The molecule has 0 saturated carbocycles. The van der Waals surface area contributed by atoms with Gasteiger partial charge in [0.2, 0.25) is 5.91 Å². The number of carbonyl (C=O) groups is 1. The number of nitrogens with one attached hydrogen (secondary N) is 1. The van der Waals surface area contributed by atoms with Crippen LogP contribution in [0.1, 0.15) is 17.0 Å². The number of aryl methyl sites for hydroxylation is 1. The summed E-state index contributed by atoms with van der Waals surface area (Å²) in [4.78, 5) is 16.1. The molecule has 0 unspecified atom stereocenters. The minimum Gasteiger partial charge on any atom is -0.487 e. The minimum absolute atomic E-state index is 0.101. The predicted molar refractivity (Wildman–Crippen MR) is 91.6 cm³/mol. The second-order valence-electron chi connectivity index (χ2n) is 5.61. The van der Waals surface area contributed by atoms with Crippen LogP contribution in [-0.4, -0.2) is 25.9 Å². The zero-order chi connectivity index (χ0) is 17.5. The van der Waals surface area contributed by atoms with E-state index < -0.39 is 0 Å². The van der Waals surface area contributed by atoms with Crippen molar-refractivity contribution in [3.63, 3.8) is 0 Å². The van der Waals surface area contributed by atoms with Crippen molar-refractivity contribution in [3.8, 4) is 5.75 Å². The molecule has 1 amide bonds. The van der Waals surface area contributed by atoms with Crippen LogP contribution in [0.4, 0.5) is 0 Å². The van der Waals surface area contributed by atoms with Crippen molar-refractivity contribution >= 4 is 5.91 Å². The van der Waals surface area contributed by atoms with Crippen LogP contribution in [0.25, 0.3) is 0 Å². The van der Waals surface area contributed by atoms with Crippen LogP contribution in [0.3, 0.4) is 0 Å². The number of benzene rings is 1.